The van der Waals surface area contributed by atoms with E-state index in [1.54, 1.807) is 23.6 Å². The van der Waals surface area contributed by atoms with Crippen LogP contribution in [-0.4, -0.2) is 35.1 Å². The van der Waals surface area contributed by atoms with E-state index in [9.17, 15) is 9.59 Å². The summed E-state index contributed by atoms with van der Waals surface area (Å²) in [6.07, 6.45) is 0.865. The lowest BCUT2D eigenvalue weighted by molar-refractivity contribution is -0.138. The van der Waals surface area contributed by atoms with Gasteiger partial charge in [0.25, 0.3) is 0 Å². The second-order valence-electron chi connectivity index (χ2n) is 7.10. The van der Waals surface area contributed by atoms with Crippen LogP contribution in [0.25, 0.3) is 0 Å². The number of carbonyl (C=O) groups is 2. The molecular weight excluding hydrogens is 448 g/mol. The van der Waals surface area contributed by atoms with Crippen LogP contribution in [0.3, 0.4) is 0 Å². The van der Waals surface area contributed by atoms with Gasteiger partial charge in [-0.1, -0.05) is 64.8 Å². The first-order chi connectivity index (χ1) is 13.9. The smallest absolute Gasteiger partial charge is 0.242 e. The Labute approximate surface area is 186 Å². The maximum Gasteiger partial charge on any atom is 0.242 e. The van der Waals surface area contributed by atoms with Crippen molar-refractivity contribution in [3.8, 4) is 0 Å². The first kappa shape index (κ1) is 23.5. The minimum atomic E-state index is -0.521. The van der Waals surface area contributed by atoms with Gasteiger partial charge >= 0.3 is 0 Å². The molecule has 0 spiro atoms. The van der Waals surface area contributed by atoms with Crippen molar-refractivity contribution < 1.29 is 9.59 Å². The molecule has 0 aromatic heterocycles. The normalized spacial score (nSPS) is 11.7. The molecule has 0 bridgehead atoms. The number of hydrogen-bond acceptors (Lipinski definition) is 3. The van der Waals surface area contributed by atoms with Gasteiger partial charge in [0.15, 0.2) is 0 Å². The molecule has 0 aliphatic rings. The van der Waals surface area contributed by atoms with Gasteiger partial charge in [-0.2, -0.15) is 0 Å². The second kappa shape index (κ2) is 12.0. The highest BCUT2D eigenvalue weighted by atomic mass is 79.9. The van der Waals surface area contributed by atoms with E-state index in [0.717, 1.165) is 22.2 Å². The molecule has 0 aliphatic heterocycles. The third-order valence-electron chi connectivity index (χ3n) is 4.54. The Balaban J connectivity index is 2.05. The molecule has 0 unspecified atom stereocenters. The standard InChI is InChI=1S/C23H29BrN2O2S/c1-4-11-25-23(28)18(3)26(14-19-8-6-10-21(24)13-19)22(27)16-29-15-20-9-5-7-17(2)12-20/h5-10,12-13,18H,4,11,14-16H2,1-3H3,(H,25,28)/t18-/m0/s1. The fourth-order valence-electron chi connectivity index (χ4n) is 2.95. The Kier molecular flexibility index (Phi) is 9.74. The van der Waals surface area contributed by atoms with E-state index in [2.05, 4.69) is 46.4 Å². The molecule has 0 heterocycles. The van der Waals surface area contributed by atoms with E-state index in [1.807, 2.05) is 37.3 Å². The molecule has 29 heavy (non-hydrogen) atoms. The molecule has 4 nitrogen and oxygen atoms in total. The summed E-state index contributed by atoms with van der Waals surface area (Å²) in [5.74, 6) is 0.975. The van der Waals surface area contributed by atoms with Crippen molar-refractivity contribution in [1.29, 1.82) is 0 Å². The summed E-state index contributed by atoms with van der Waals surface area (Å²) >= 11 is 5.06. The van der Waals surface area contributed by atoms with Crippen LogP contribution in [0.4, 0.5) is 0 Å². The third kappa shape index (κ3) is 7.86. The molecule has 0 saturated carbocycles. The number of halogens is 1. The SMILES string of the molecule is CCCNC(=O)[C@H](C)N(Cc1cccc(Br)c1)C(=O)CSCc1cccc(C)c1. The van der Waals surface area contributed by atoms with Gasteiger partial charge in [0.1, 0.15) is 6.04 Å². The highest BCUT2D eigenvalue weighted by Crippen LogP contribution is 2.18. The van der Waals surface area contributed by atoms with Gasteiger partial charge < -0.3 is 10.2 Å². The summed E-state index contributed by atoms with van der Waals surface area (Å²) in [7, 11) is 0. The van der Waals surface area contributed by atoms with E-state index in [0.29, 0.717) is 18.8 Å². The van der Waals surface area contributed by atoms with Gasteiger partial charge in [-0.15, -0.1) is 11.8 Å². The molecule has 0 aliphatic carbocycles. The zero-order chi connectivity index (χ0) is 21.2. The Morgan fingerprint density at radius 1 is 1.14 bits per heavy atom. The Hall–Kier alpha value is -1.79. The van der Waals surface area contributed by atoms with Crippen LogP contribution >= 0.6 is 27.7 Å². The fourth-order valence-corrected chi connectivity index (χ4v) is 4.26. The summed E-state index contributed by atoms with van der Waals surface area (Å²) in [4.78, 5) is 27.2. The number of nitrogens with zero attached hydrogens (tertiary/aromatic N) is 1. The summed E-state index contributed by atoms with van der Waals surface area (Å²) in [6, 6.07) is 15.6. The Morgan fingerprint density at radius 3 is 2.55 bits per heavy atom. The predicted octanol–water partition coefficient (Wildman–Crippen LogP) is 4.93. The Bertz CT molecular complexity index is 828. The van der Waals surface area contributed by atoms with Gasteiger partial charge in [-0.3, -0.25) is 9.59 Å². The number of nitrogens with one attached hydrogen (secondary N) is 1. The maximum absolute atomic E-state index is 13.0. The van der Waals surface area contributed by atoms with Crippen molar-refractivity contribution in [2.45, 2.75) is 45.5 Å². The van der Waals surface area contributed by atoms with Crippen molar-refractivity contribution in [2.24, 2.45) is 0 Å². The van der Waals surface area contributed by atoms with Crippen molar-refractivity contribution in [3.63, 3.8) is 0 Å². The summed E-state index contributed by atoms with van der Waals surface area (Å²) in [5.41, 5.74) is 3.41. The third-order valence-corrected chi connectivity index (χ3v) is 6.02. The van der Waals surface area contributed by atoms with Gasteiger partial charge in [0.05, 0.1) is 5.75 Å². The predicted molar refractivity (Wildman–Crippen MR) is 125 cm³/mol. The number of hydrogen-bond donors (Lipinski definition) is 1. The zero-order valence-corrected chi connectivity index (χ0v) is 19.7. The molecule has 0 radical (unpaired) electrons. The monoisotopic (exact) mass is 476 g/mol. The van der Waals surface area contributed by atoms with Crippen LogP contribution in [0.2, 0.25) is 0 Å². The average Bonchev–Trinajstić information content (AvgIpc) is 2.69. The number of benzene rings is 2. The van der Waals surface area contributed by atoms with Crippen molar-refractivity contribution >= 4 is 39.5 Å². The molecule has 1 atom stereocenters. The van der Waals surface area contributed by atoms with Crippen molar-refractivity contribution in [1.82, 2.24) is 10.2 Å². The van der Waals surface area contributed by atoms with Crippen LogP contribution in [0, 0.1) is 6.92 Å². The average molecular weight is 477 g/mol. The molecule has 6 heteroatoms. The first-order valence-corrected chi connectivity index (χ1v) is 11.8. The second-order valence-corrected chi connectivity index (χ2v) is 9.00. The van der Waals surface area contributed by atoms with E-state index in [1.165, 1.54) is 11.1 Å². The van der Waals surface area contributed by atoms with Crippen LogP contribution in [-0.2, 0) is 21.9 Å². The number of carbonyl (C=O) groups excluding carboxylic acids is 2. The van der Waals surface area contributed by atoms with Crippen LogP contribution in [0.1, 0.15) is 37.0 Å². The molecule has 2 rings (SSSR count). The highest BCUT2D eigenvalue weighted by Gasteiger charge is 2.25. The van der Waals surface area contributed by atoms with Crippen molar-refractivity contribution in [2.75, 3.05) is 12.3 Å². The number of aryl methyl sites for hydroxylation is 1. The van der Waals surface area contributed by atoms with E-state index in [-0.39, 0.29) is 11.8 Å². The summed E-state index contributed by atoms with van der Waals surface area (Å²) < 4.78 is 0.958. The molecule has 2 aromatic carbocycles. The largest absolute Gasteiger partial charge is 0.354 e. The Morgan fingerprint density at radius 2 is 1.86 bits per heavy atom. The molecular formula is C23H29BrN2O2S. The maximum atomic E-state index is 13.0. The van der Waals surface area contributed by atoms with Gasteiger partial charge in [0.2, 0.25) is 11.8 Å². The summed E-state index contributed by atoms with van der Waals surface area (Å²) in [5, 5.41) is 2.90. The number of rotatable bonds is 10. The van der Waals surface area contributed by atoms with E-state index in [4.69, 9.17) is 0 Å². The van der Waals surface area contributed by atoms with Gasteiger partial charge in [-0.25, -0.2) is 0 Å². The molecule has 156 valence electrons. The van der Waals surface area contributed by atoms with Crippen LogP contribution in [0.15, 0.2) is 53.0 Å². The quantitative estimate of drug-likeness (QED) is 0.528. The molecule has 2 aromatic rings. The van der Waals surface area contributed by atoms with Gasteiger partial charge in [0, 0.05) is 23.3 Å². The molecule has 0 saturated heterocycles. The lowest BCUT2D eigenvalue weighted by atomic mass is 10.1. The lowest BCUT2D eigenvalue weighted by Crippen LogP contribution is -2.48. The van der Waals surface area contributed by atoms with Gasteiger partial charge in [-0.05, 0) is 43.5 Å². The van der Waals surface area contributed by atoms with Crippen LogP contribution in [0.5, 0.6) is 0 Å². The fraction of sp³-hybridized carbons (Fsp3) is 0.391. The zero-order valence-electron chi connectivity index (χ0n) is 17.3. The molecule has 0 fully saturated rings. The highest BCUT2D eigenvalue weighted by molar-refractivity contribution is 9.10. The summed E-state index contributed by atoms with van der Waals surface area (Å²) in [6.45, 7) is 6.90. The van der Waals surface area contributed by atoms with Crippen molar-refractivity contribution in [3.05, 3.63) is 69.7 Å². The lowest BCUT2D eigenvalue weighted by Gasteiger charge is -2.29. The minimum absolute atomic E-state index is 0.0261. The number of thioether (sulfide) groups is 1. The van der Waals surface area contributed by atoms with E-state index < -0.39 is 6.04 Å². The molecule has 1 N–H and O–H groups in total. The number of amides is 2. The first-order valence-electron chi connectivity index (χ1n) is 9.85. The van der Waals surface area contributed by atoms with Crippen LogP contribution < -0.4 is 5.32 Å². The minimum Gasteiger partial charge on any atom is -0.354 e. The van der Waals surface area contributed by atoms with E-state index >= 15 is 0 Å². The molecule has 2 amide bonds. The topological polar surface area (TPSA) is 49.4 Å².